The highest BCUT2D eigenvalue weighted by atomic mass is 32.2. The molecular formula is C52H40F3N5O3S. The predicted octanol–water partition coefficient (Wildman–Crippen LogP) is 12.1. The molecule has 0 unspecified atom stereocenters. The first-order valence-electron chi connectivity index (χ1n) is 20.9. The largest absolute Gasteiger partial charge is 0.534 e. The molecule has 12 heteroatoms. The fourth-order valence-electron chi connectivity index (χ4n) is 8.62. The Morgan fingerprint density at radius 3 is 1.69 bits per heavy atom. The van der Waals surface area contributed by atoms with Crippen molar-refractivity contribution in [2.24, 2.45) is 0 Å². The van der Waals surface area contributed by atoms with E-state index in [0.29, 0.717) is 35.2 Å². The summed E-state index contributed by atoms with van der Waals surface area (Å²) >= 11 is 0. The lowest BCUT2D eigenvalue weighted by molar-refractivity contribution is -0.0499. The van der Waals surface area contributed by atoms with E-state index in [1.165, 1.54) is 17.2 Å². The van der Waals surface area contributed by atoms with Gasteiger partial charge in [-0.3, -0.25) is 4.98 Å². The Bertz CT molecular complexity index is 3390. The van der Waals surface area contributed by atoms with E-state index in [4.69, 9.17) is 14.2 Å². The van der Waals surface area contributed by atoms with Gasteiger partial charge in [0.15, 0.2) is 5.75 Å². The number of aromatic nitrogens is 5. The number of hydrogen-bond donors (Lipinski definition) is 0. The molecule has 0 fully saturated rings. The van der Waals surface area contributed by atoms with Crippen molar-refractivity contribution in [2.45, 2.75) is 45.0 Å². The Morgan fingerprint density at radius 1 is 0.562 bits per heavy atom. The van der Waals surface area contributed by atoms with Crippen molar-refractivity contribution in [1.29, 1.82) is 0 Å². The highest BCUT2D eigenvalue weighted by Gasteiger charge is 2.49. The molecule has 0 aliphatic heterocycles. The smallest absolute Gasteiger partial charge is 0.375 e. The van der Waals surface area contributed by atoms with Gasteiger partial charge in [-0.1, -0.05) is 91.0 Å². The van der Waals surface area contributed by atoms with Crippen LogP contribution in [-0.4, -0.2) is 37.7 Å². The third kappa shape index (κ3) is 7.96. The summed E-state index contributed by atoms with van der Waals surface area (Å²) in [6.45, 7) is 3.97. The Kier molecular flexibility index (Phi) is 10.3. The fourth-order valence-corrected chi connectivity index (χ4v) is 9.09. The topological polar surface area (TPSA) is 90.9 Å². The molecule has 0 N–H and O–H groups in total. The van der Waals surface area contributed by atoms with Crippen molar-refractivity contribution < 1.29 is 25.8 Å². The molecule has 64 heavy (non-hydrogen) atoms. The highest BCUT2D eigenvalue weighted by Crippen LogP contribution is 2.42. The van der Waals surface area contributed by atoms with Crippen LogP contribution in [0.3, 0.4) is 0 Å². The average Bonchev–Trinajstić information content (AvgIpc) is 3.88. The molecule has 5 heterocycles. The molecule has 10 rings (SSSR count). The van der Waals surface area contributed by atoms with Crippen LogP contribution in [0.25, 0.3) is 66.4 Å². The summed E-state index contributed by atoms with van der Waals surface area (Å²) in [5, 5.41) is 4.38. The van der Waals surface area contributed by atoms with Crippen molar-refractivity contribution in [1.82, 2.24) is 23.8 Å². The van der Waals surface area contributed by atoms with Crippen LogP contribution in [0.2, 0.25) is 0 Å². The van der Waals surface area contributed by atoms with Gasteiger partial charge in [-0.25, -0.2) is 9.97 Å². The zero-order chi connectivity index (χ0) is 44.2. The van der Waals surface area contributed by atoms with E-state index < -0.39 is 21.4 Å². The maximum absolute atomic E-state index is 13.8. The van der Waals surface area contributed by atoms with Crippen LogP contribution in [-0.2, 0) is 35.8 Å². The van der Waals surface area contributed by atoms with E-state index in [9.17, 15) is 21.6 Å². The number of benzene rings is 5. The van der Waals surface area contributed by atoms with Crippen molar-refractivity contribution in [3.05, 3.63) is 192 Å². The van der Waals surface area contributed by atoms with E-state index in [1.54, 1.807) is 48.7 Å². The Hall–Kier alpha value is -7.31. The van der Waals surface area contributed by atoms with Gasteiger partial charge < -0.3 is 13.0 Å². The maximum atomic E-state index is 13.8. The molecule has 0 saturated carbocycles. The molecule has 5 aromatic carbocycles. The summed E-state index contributed by atoms with van der Waals surface area (Å²) in [4.78, 5) is 13.8. The van der Waals surface area contributed by atoms with Gasteiger partial charge in [0, 0.05) is 52.9 Å². The molecule has 0 amide bonds. The predicted molar refractivity (Wildman–Crippen MR) is 246 cm³/mol. The Balaban J connectivity index is 1.03. The molecule has 0 atom stereocenters. The number of pyridine rings is 3. The van der Waals surface area contributed by atoms with E-state index in [-0.39, 0.29) is 5.56 Å². The second-order valence-corrected chi connectivity index (χ2v) is 17.7. The first-order valence-corrected chi connectivity index (χ1v) is 22.3. The average molecular weight is 872 g/mol. The standard InChI is InChI=1S/C52H40F3N5O3S/c1-33-31-59-23-20-39-26-35(14-17-44(39)50(59)57-33)10-12-37-25-38(13-11-36-15-18-45-40(27-36)21-24-60-32-34(2)58-51(45)60)29-42(28-37)43-7-3-4-8-46(43)47-19-16-41(48-9-5-6-22-56-48)30-49(47)63-64(61,62)52(53,54)55/h3-9,14-32H,10-13H2,1-2H3. The Morgan fingerprint density at radius 2 is 1.12 bits per heavy atom. The molecule has 0 aliphatic carbocycles. The minimum atomic E-state index is -6.02. The molecule has 5 aromatic heterocycles. The zero-order valence-electron chi connectivity index (χ0n) is 34.8. The number of alkyl halides is 3. The van der Waals surface area contributed by atoms with E-state index >= 15 is 0 Å². The van der Waals surface area contributed by atoms with Gasteiger partial charge in [-0.2, -0.15) is 21.6 Å². The monoisotopic (exact) mass is 871 g/mol. The van der Waals surface area contributed by atoms with Crippen LogP contribution < -0.4 is 4.18 Å². The molecule has 0 radical (unpaired) electrons. The minimum Gasteiger partial charge on any atom is -0.375 e. The number of imidazole rings is 2. The lowest BCUT2D eigenvalue weighted by atomic mass is 9.89. The molecule has 10 aromatic rings. The third-order valence-corrected chi connectivity index (χ3v) is 12.6. The number of rotatable bonds is 11. The second-order valence-electron chi connectivity index (χ2n) is 16.2. The van der Waals surface area contributed by atoms with Gasteiger partial charge in [0.05, 0.1) is 17.1 Å². The molecule has 0 bridgehead atoms. The van der Waals surface area contributed by atoms with Gasteiger partial charge in [0.2, 0.25) is 0 Å². The van der Waals surface area contributed by atoms with Crippen LogP contribution in [0.1, 0.15) is 33.6 Å². The molecule has 0 spiro atoms. The van der Waals surface area contributed by atoms with Gasteiger partial charge >= 0.3 is 15.6 Å². The summed E-state index contributed by atoms with van der Waals surface area (Å²) in [7, 11) is -6.02. The fraction of sp³-hybridized carbons (Fsp3) is 0.135. The lowest BCUT2D eigenvalue weighted by Crippen LogP contribution is -2.28. The summed E-state index contributed by atoms with van der Waals surface area (Å²) in [5.74, 6) is -0.456. The molecule has 318 valence electrons. The van der Waals surface area contributed by atoms with Gasteiger partial charge in [0.1, 0.15) is 11.3 Å². The SMILES string of the molecule is Cc1cn2ccc3cc(CCc4cc(CCc5ccc6c(ccn7cc(C)nc67)c5)cc(-c5ccccc5-c5ccc(-c6ccccn6)cc5OS(=O)(=O)C(F)(F)F)c4)ccc3c2n1. The molecule has 0 saturated heterocycles. The number of aryl methyl sites for hydroxylation is 6. The summed E-state index contributed by atoms with van der Waals surface area (Å²) in [5.41, 5.74) is 5.71. The van der Waals surface area contributed by atoms with Crippen molar-refractivity contribution in [3.8, 4) is 39.3 Å². The van der Waals surface area contributed by atoms with Crippen LogP contribution >= 0.6 is 0 Å². The normalized spacial score (nSPS) is 12.2. The maximum Gasteiger partial charge on any atom is 0.534 e. The van der Waals surface area contributed by atoms with Crippen molar-refractivity contribution >= 4 is 43.0 Å². The van der Waals surface area contributed by atoms with Crippen LogP contribution in [0, 0.1) is 13.8 Å². The van der Waals surface area contributed by atoms with Crippen molar-refractivity contribution in [2.75, 3.05) is 0 Å². The first-order chi connectivity index (χ1) is 30.8. The zero-order valence-corrected chi connectivity index (χ0v) is 35.7. The minimum absolute atomic E-state index is 0.186. The van der Waals surface area contributed by atoms with Gasteiger partial charge in [-0.05, 0) is 126 Å². The van der Waals surface area contributed by atoms with Gasteiger partial charge in [-0.15, -0.1) is 0 Å². The second kappa shape index (κ2) is 16.1. The first kappa shape index (κ1) is 40.7. The number of nitrogens with zero attached hydrogens (tertiary/aromatic N) is 5. The number of halogens is 3. The number of hydrogen-bond acceptors (Lipinski definition) is 6. The lowest BCUT2D eigenvalue weighted by Gasteiger charge is -2.18. The number of fused-ring (bicyclic) bond motifs is 6. The third-order valence-electron chi connectivity index (χ3n) is 11.7. The van der Waals surface area contributed by atoms with Gasteiger partial charge in [0.25, 0.3) is 0 Å². The van der Waals surface area contributed by atoms with E-state index in [2.05, 4.69) is 71.7 Å². The summed E-state index contributed by atoms with van der Waals surface area (Å²) in [6.07, 6.45) is 12.6. The van der Waals surface area contributed by atoms with Crippen LogP contribution in [0.15, 0.2) is 158 Å². The summed E-state index contributed by atoms with van der Waals surface area (Å²) < 4.78 is 75.7. The van der Waals surface area contributed by atoms with E-state index in [0.717, 1.165) is 73.8 Å². The Labute approximate surface area is 367 Å². The molecule has 0 aliphatic rings. The van der Waals surface area contributed by atoms with Crippen LogP contribution in [0.4, 0.5) is 13.2 Å². The quantitative estimate of drug-likeness (QED) is 0.0950. The van der Waals surface area contributed by atoms with Crippen molar-refractivity contribution in [3.63, 3.8) is 0 Å². The molecular weight excluding hydrogens is 832 g/mol. The highest BCUT2D eigenvalue weighted by molar-refractivity contribution is 7.88. The summed E-state index contributed by atoms with van der Waals surface area (Å²) in [6, 6.07) is 40.7. The van der Waals surface area contributed by atoms with E-state index in [1.807, 2.05) is 59.6 Å². The molecule has 8 nitrogen and oxygen atoms in total. The van der Waals surface area contributed by atoms with Crippen LogP contribution in [0.5, 0.6) is 5.75 Å².